The molecule has 3 aliphatic rings. The Morgan fingerprint density at radius 2 is 1.69 bits per heavy atom. The van der Waals surface area contributed by atoms with Crippen LogP contribution in [-0.2, 0) is 0 Å². The van der Waals surface area contributed by atoms with Gasteiger partial charge in [0.1, 0.15) is 5.75 Å². The Hall–Kier alpha value is -2.42. The number of nitrogens with zero attached hydrogens (tertiary/aromatic N) is 5. The summed E-state index contributed by atoms with van der Waals surface area (Å²) in [7, 11) is 1.89. The van der Waals surface area contributed by atoms with E-state index in [2.05, 4.69) is 41.6 Å². The van der Waals surface area contributed by atoms with Gasteiger partial charge in [0.2, 0.25) is 0 Å². The molecule has 0 radical (unpaired) electrons. The van der Waals surface area contributed by atoms with Crippen LogP contribution in [0.15, 0.2) is 30.3 Å². The summed E-state index contributed by atoms with van der Waals surface area (Å²) in [5.74, 6) is 1.02. The fraction of sp³-hybridized carbons (Fsp3) is 0.583. The molecule has 3 aliphatic heterocycles. The summed E-state index contributed by atoms with van der Waals surface area (Å²) in [5.41, 5.74) is 2.48. The van der Waals surface area contributed by atoms with E-state index in [4.69, 9.17) is 0 Å². The number of piperidine rings is 1. The van der Waals surface area contributed by atoms with Crippen LogP contribution in [0.5, 0.6) is 5.75 Å². The fourth-order valence-corrected chi connectivity index (χ4v) is 5.52. The second-order valence-electron chi connectivity index (χ2n) is 9.17. The molecule has 8 nitrogen and oxygen atoms in total. The van der Waals surface area contributed by atoms with E-state index in [1.165, 1.54) is 45.4 Å². The van der Waals surface area contributed by atoms with E-state index in [0.29, 0.717) is 17.3 Å². The van der Waals surface area contributed by atoms with Crippen LogP contribution in [-0.4, -0.2) is 96.6 Å². The third-order valence-corrected chi connectivity index (χ3v) is 7.41. The molecule has 0 amide bonds. The number of rotatable bonds is 5. The zero-order valence-electron chi connectivity index (χ0n) is 19.0. The molecule has 1 aromatic carbocycles. The van der Waals surface area contributed by atoms with Crippen molar-refractivity contribution in [1.29, 1.82) is 0 Å². The number of benzene rings is 1. The average molecular weight is 438 g/mol. The third-order valence-electron chi connectivity index (χ3n) is 7.41. The summed E-state index contributed by atoms with van der Waals surface area (Å²) in [6, 6.07) is 10.8. The molecule has 3 fully saturated rings. The first-order chi connectivity index (χ1) is 15.7. The molecular formula is C24H35N7O. The maximum absolute atomic E-state index is 10.2. The lowest BCUT2D eigenvalue weighted by molar-refractivity contribution is 0.0843. The van der Waals surface area contributed by atoms with Crippen molar-refractivity contribution < 1.29 is 5.11 Å². The number of likely N-dealkylation sites (tertiary alicyclic amines) is 1. The molecule has 5 rings (SSSR count). The van der Waals surface area contributed by atoms with E-state index in [9.17, 15) is 5.11 Å². The van der Waals surface area contributed by atoms with Gasteiger partial charge in [-0.05, 0) is 57.1 Å². The van der Waals surface area contributed by atoms with Gasteiger partial charge in [0.05, 0.1) is 11.4 Å². The quantitative estimate of drug-likeness (QED) is 0.654. The van der Waals surface area contributed by atoms with Gasteiger partial charge in [0.25, 0.3) is 0 Å². The SMILES string of the molecule is CNc1nnc(-c2ccccc2O)cc1N1CCN(C2CCN(C3CCNC3)CC2)CC1. The molecule has 0 aliphatic carbocycles. The lowest BCUT2D eigenvalue weighted by atomic mass is 10.00. The molecule has 2 aromatic rings. The monoisotopic (exact) mass is 437 g/mol. The Morgan fingerprint density at radius 3 is 2.38 bits per heavy atom. The lowest BCUT2D eigenvalue weighted by Crippen LogP contribution is -2.54. The van der Waals surface area contributed by atoms with Gasteiger partial charge < -0.3 is 20.6 Å². The summed E-state index contributed by atoms with van der Waals surface area (Å²) in [6.45, 7) is 8.93. The number of phenols is 1. The van der Waals surface area contributed by atoms with Crippen LogP contribution in [0.2, 0.25) is 0 Å². The second kappa shape index (κ2) is 9.60. The number of piperazine rings is 1. The number of aromatic hydroxyl groups is 1. The molecule has 0 spiro atoms. The molecule has 8 heteroatoms. The maximum Gasteiger partial charge on any atom is 0.172 e. The molecule has 1 atom stereocenters. The van der Waals surface area contributed by atoms with E-state index >= 15 is 0 Å². The predicted octanol–water partition coefficient (Wildman–Crippen LogP) is 1.84. The van der Waals surface area contributed by atoms with Gasteiger partial charge in [-0.1, -0.05) is 12.1 Å². The van der Waals surface area contributed by atoms with Crippen LogP contribution in [0.3, 0.4) is 0 Å². The fourth-order valence-electron chi connectivity index (χ4n) is 5.52. The van der Waals surface area contributed by atoms with Crippen LogP contribution in [0.4, 0.5) is 11.5 Å². The van der Waals surface area contributed by atoms with Gasteiger partial charge in [-0.3, -0.25) is 9.80 Å². The van der Waals surface area contributed by atoms with E-state index in [1.807, 2.05) is 25.2 Å². The topological polar surface area (TPSA) is 79.8 Å². The molecular weight excluding hydrogens is 402 g/mol. The van der Waals surface area contributed by atoms with E-state index < -0.39 is 0 Å². The molecule has 1 aromatic heterocycles. The Kier molecular flexibility index (Phi) is 6.43. The highest BCUT2D eigenvalue weighted by molar-refractivity contribution is 5.75. The first-order valence-electron chi connectivity index (χ1n) is 12.0. The van der Waals surface area contributed by atoms with E-state index in [0.717, 1.165) is 43.7 Å². The van der Waals surface area contributed by atoms with Crippen LogP contribution < -0.4 is 15.5 Å². The number of hydrogen-bond acceptors (Lipinski definition) is 8. The van der Waals surface area contributed by atoms with Gasteiger partial charge >= 0.3 is 0 Å². The standard InChI is InChI=1S/C24H35N7O/c1-25-24-22(16-21(27-28-24)20-4-2-3-5-23(20)32)31-14-12-30(13-15-31)18-7-10-29(11-8-18)19-6-9-26-17-19/h2-5,16,18-19,26,32H,6-15,17H2,1H3,(H,25,28). The van der Waals surface area contributed by atoms with Crippen molar-refractivity contribution in [3.05, 3.63) is 30.3 Å². The van der Waals surface area contributed by atoms with Crippen LogP contribution in [0.1, 0.15) is 19.3 Å². The number of anilines is 2. The minimum absolute atomic E-state index is 0.231. The van der Waals surface area contributed by atoms with Crippen LogP contribution in [0, 0.1) is 0 Å². The van der Waals surface area contributed by atoms with Crippen molar-refractivity contribution in [3.63, 3.8) is 0 Å². The normalized spacial score (nSPS) is 23.5. The van der Waals surface area contributed by atoms with Crippen molar-refractivity contribution in [2.75, 3.05) is 69.6 Å². The minimum Gasteiger partial charge on any atom is -0.507 e. The summed E-state index contributed by atoms with van der Waals surface area (Å²) < 4.78 is 0. The Bertz CT molecular complexity index is 901. The lowest BCUT2D eigenvalue weighted by Gasteiger charge is -2.44. The Morgan fingerprint density at radius 1 is 0.938 bits per heavy atom. The van der Waals surface area contributed by atoms with Gasteiger partial charge in [-0.15, -0.1) is 10.2 Å². The zero-order valence-corrected chi connectivity index (χ0v) is 19.0. The number of hydrogen-bond donors (Lipinski definition) is 3. The summed E-state index contributed by atoms with van der Waals surface area (Å²) in [4.78, 5) is 7.80. The van der Waals surface area contributed by atoms with Gasteiger partial charge in [0.15, 0.2) is 5.82 Å². The van der Waals surface area contributed by atoms with Gasteiger partial charge in [-0.2, -0.15) is 0 Å². The highest BCUT2D eigenvalue weighted by atomic mass is 16.3. The van der Waals surface area contributed by atoms with Gasteiger partial charge in [-0.25, -0.2) is 0 Å². The average Bonchev–Trinajstić information content (AvgIpc) is 3.39. The maximum atomic E-state index is 10.2. The molecule has 32 heavy (non-hydrogen) atoms. The Labute approximate surface area is 190 Å². The molecule has 1 unspecified atom stereocenters. The van der Waals surface area contributed by atoms with E-state index in [-0.39, 0.29) is 5.75 Å². The van der Waals surface area contributed by atoms with Crippen molar-refractivity contribution >= 4 is 11.5 Å². The molecule has 0 bridgehead atoms. The molecule has 4 heterocycles. The smallest absolute Gasteiger partial charge is 0.172 e. The minimum atomic E-state index is 0.231. The van der Waals surface area contributed by atoms with Crippen molar-refractivity contribution in [2.24, 2.45) is 0 Å². The first-order valence-corrected chi connectivity index (χ1v) is 12.0. The highest BCUT2D eigenvalue weighted by Crippen LogP contribution is 2.33. The first kappa shape index (κ1) is 21.4. The largest absolute Gasteiger partial charge is 0.507 e. The third kappa shape index (κ3) is 4.40. The van der Waals surface area contributed by atoms with E-state index in [1.54, 1.807) is 6.07 Å². The number of aromatic nitrogens is 2. The van der Waals surface area contributed by atoms with Crippen molar-refractivity contribution in [2.45, 2.75) is 31.3 Å². The Balaban J connectivity index is 1.22. The number of nitrogens with one attached hydrogen (secondary N) is 2. The highest BCUT2D eigenvalue weighted by Gasteiger charge is 2.31. The number of phenolic OH excluding ortho intramolecular Hbond substituents is 1. The van der Waals surface area contributed by atoms with Crippen molar-refractivity contribution in [3.8, 4) is 17.0 Å². The molecule has 3 saturated heterocycles. The zero-order chi connectivity index (χ0) is 21.9. The van der Waals surface area contributed by atoms with Gasteiger partial charge in [0, 0.05) is 57.4 Å². The number of para-hydroxylation sites is 1. The summed E-state index contributed by atoms with van der Waals surface area (Å²) in [5, 5.41) is 25.7. The van der Waals surface area contributed by atoms with Crippen LogP contribution in [0.25, 0.3) is 11.3 Å². The second-order valence-corrected chi connectivity index (χ2v) is 9.17. The molecule has 3 N–H and O–H groups in total. The van der Waals surface area contributed by atoms with Crippen LogP contribution >= 0.6 is 0 Å². The summed E-state index contributed by atoms with van der Waals surface area (Å²) in [6.07, 6.45) is 3.87. The predicted molar refractivity (Wildman–Crippen MR) is 128 cm³/mol. The van der Waals surface area contributed by atoms with Crippen molar-refractivity contribution in [1.82, 2.24) is 25.3 Å². The molecule has 172 valence electrons. The summed E-state index contributed by atoms with van der Waals surface area (Å²) >= 11 is 0. The molecule has 0 saturated carbocycles.